The Kier molecular flexibility index (Phi) is 4.11. The first kappa shape index (κ1) is 14.8. The average Bonchev–Trinajstić information content (AvgIpc) is 2.84. The van der Waals surface area contributed by atoms with Crippen LogP contribution >= 0.6 is 0 Å². The van der Waals surface area contributed by atoms with E-state index in [1.807, 2.05) is 6.92 Å². The lowest BCUT2D eigenvalue weighted by Gasteiger charge is -2.22. The molecule has 1 unspecified atom stereocenters. The Hall–Kier alpha value is -2.57. The molecular weight excluding hydrogens is 276 g/mol. The number of aromatic carboxylic acids is 2. The molecule has 1 atom stereocenters. The number of carbonyl (C=O) groups excluding carboxylic acids is 1. The number of amides is 2. The summed E-state index contributed by atoms with van der Waals surface area (Å²) in [6, 6.07) is 3.31. The molecule has 112 valence electrons. The monoisotopic (exact) mass is 292 g/mol. The van der Waals surface area contributed by atoms with Gasteiger partial charge in [0.05, 0.1) is 11.1 Å². The standard InChI is InChI=1S/C14H16N2O5/c1-8-3-2-4-16(8)14(21)15-11-6-9(12(17)18)5-10(7-11)13(19)20/h5-8H,2-4H2,1H3,(H,15,21)(H,17,18)(H,19,20). The molecule has 21 heavy (non-hydrogen) atoms. The molecule has 1 aliphatic heterocycles. The summed E-state index contributed by atoms with van der Waals surface area (Å²) in [4.78, 5) is 35.8. The number of hydrogen-bond donors (Lipinski definition) is 3. The summed E-state index contributed by atoms with van der Waals surface area (Å²) in [5.74, 6) is -2.49. The van der Waals surface area contributed by atoms with Crippen LogP contribution in [0.15, 0.2) is 18.2 Å². The van der Waals surface area contributed by atoms with Crippen molar-refractivity contribution in [1.29, 1.82) is 0 Å². The molecule has 0 bridgehead atoms. The van der Waals surface area contributed by atoms with Gasteiger partial charge in [0, 0.05) is 18.3 Å². The Bertz CT molecular complexity index is 567. The molecule has 1 aliphatic rings. The number of carboxylic acid groups (broad SMARTS) is 2. The van der Waals surface area contributed by atoms with E-state index in [0.717, 1.165) is 18.9 Å². The van der Waals surface area contributed by atoms with Crippen molar-refractivity contribution in [3.63, 3.8) is 0 Å². The van der Waals surface area contributed by atoms with E-state index >= 15 is 0 Å². The fourth-order valence-electron chi connectivity index (χ4n) is 2.38. The molecule has 0 radical (unpaired) electrons. The highest BCUT2D eigenvalue weighted by Crippen LogP contribution is 2.20. The fraction of sp³-hybridized carbons (Fsp3) is 0.357. The lowest BCUT2D eigenvalue weighted by Crippen LogP contribution is -2.37. The van der Waals surface area contributed by atoms with E-state index in [0.29, 0.717) is 6.54 Å². The highest BCUT2D eigenvalue weighted by molar-refractivity contribution is 5.98. The van der Waals surface area contributed by atoms with Crippen molar-refractivity contribution in [3.8, 4) is 0 Å². The van der Waals surface area contributed by atoms with Crippen molar-refractivity contribution in [2.45, 2.75) is 25.8 Å². The van der Waals surface area contributed by atoms with Gasteiger partial charge in [-0.2, -0.15) is 0 Å². The van der Waals surface area contributed by atoms with E-state index in [1.54, 1.807) is 4.90 Å². The lowest BCUT2D eigenvalue weighted by atomic mass is 10.1. The molecule has 3 N–H and O–H groups in total. The van der Waals surface area contributed by atoms with Crippen LogP contribution in [0.3, 0.4) is 0 Å². The number of carbonyl (C=O) groups is 3. The van der Waals surface area contributed by atoms with Crippen LogP contribution in [-0.2, 0) is 0 Å². The summed E-state index contributed by atoms with van der Waals surface area (Å²) in [5, 5.41) is 20.5. The molecule has 1 aromatic rings. The molecule has 7 heteroatoms. The second-order valence-electron chi connectivity index (χ2n) is 5.02. The molecule has 1 saturated heterocycles. The summed E-state index contributed by atoms with van der Waals surface area (Å²) in [6.45, 7) is 2.57. The smallest absolute Gasteiger partial charge is 0.335 e. The third-order valence-electron chi connectivity index (χ3n) is 3.49. The Morgan fingerprint density at radius 3 is 2.14 bits per heavy atom. The number of hydrogen-bond acceptors (Lipinski definition) is 3. The third-order valence-corrected chi connectivity index (χ3v) is 3.49. The van der Waals surface area contributed by atoms with Crippen LogP contribution in [0.4, 0.5) is 10.5 Å². The molecule has 1 aromatic carbocycles. The number of nitrogens with one attached hydrogen (secondary N) is 1. The fourth-order valence-corrected chi connectivity index (χ4v) is 2.38. The first-order valence-corrected chi connectivity index (χ1v) is 6.58. The largest absolute Gasteiger partial charge is 0.478 e. The van der Waals surface area contributed by atoms with Gasteiger partial charge in [-0.15, -0.1) is 0 Å². The Balaban J connectivity index is 2.24. The van der Waals surface area contributed by atoms with Crippen LogP contribution in [0.1, 0.15) is 40.5 Å². The zero-order chi connectivity index (χ0) is 15.6. The molecule has 0 saturated carbocycles. The maximum absolute atomic E-state index is 12.1. The van der Waals surface area contributed by atoms with Gasteiger partial charge in [0.15, 0.2) is 0 Å². The van der Waals surface area contributed by atoms with E-state index in [9.17, 15) is 14.4 Å². The SMILES string of the molecule is CC1CCCN1C(=O)Nc1cc(C(=O)O)cc(C(=O)O)c1. The summed E-state index contributed by atoms with van der Waals surface area (Å²) >= 11 is 0. The highest BCUT2D eigenvalue weighted by Gasteiger charge is 2.25. The van der Waals surface area contributed by atoms with Crippen LogP contribution < -0.4 is 5.32 Å². The van der Waals surface area contributed by atoms with E-state index in [-0.39, 0.29) is 28.9 Å². The van der Waals surface area contributed by atoms with Crippen LogP contribution in [0.2, 0.25) is 0 Å². The number of anilines is 1. The van der Waals surface area contributed by atoms with Gasteiger partial charge in [-0.05, 0) is 38.0 Å². The molecule has 7 nitrogen and oxygen atoms in total. The van der Waals surface area contributed by atoms with Gasteiger partial charge in [-0.25, -0.2) is 14.4 Å². The van der Waals surface area contributed by atoms with E-state index in [1.165, 1.54) is 12.1 Å². The molecule has 2 rings (SSSR count). The predicted molar refractivity (Wildman–Crippen MR) is 74.8 cm³/mol. The summed E-state index contributed by atoms with van der Waals surface area (Å²) in [7, 11) is 0. The van der Waals surface area contributed by atoms with Crippen LogP contribution in [0.25, 0.3) is 0 Å². The Morgan fingerprint density at radius 1 is 1.14 bits per heavy atom. The minimum Gasteiger partial charge on any atom is -0.478 e. The molecule has 2 amide bonds. The van der Waals surface area contributed by atoms with E-state index < -0.39 is 11.9 Å². The third kappa shape index (κ3) is 3.31. The summed E-state index contributed by atoms with van der Waals surface area (Å²) in [5.41, 5.74) is -0.198. The van der Waals surface area contributed by atoms with Crippen LogP contribution in [-0.4, -0.2) is 45.7 Å². The number of carboxylic acids is 2. The van der Waals surface area contributed by atoms with Gasteiger partial charge >= 0.3 is 18.0 Å². The zero-order valence-electron chi connectivity index (χ0n) is 11.5. The second-order valence-corrected chi connectivity index (χ2v) is 5.02. The minimum absolute atomic E-state index is 0.117. The molecule has 0 aliphatic carbocycles. The normalized spacial score (nSPS) is 17.6. The van der Waals surface area contributed by atoms with Gasteiger partial charge in [0.1, 0.15) is 0 Å². The maximum atomic E-state index is 12.1. The first-order valence-electron chi connectivity index (χ1n) is 6.58. The van der Waals surface area contributed by atoms with Gasteiger partial charge in [-0.3, -0.25) is 0 Å². The van der Waals surface area contributed by atoms with Crippen molar-refractivity contribution in [3.05, 3.63) is 29.3 Å². The number of urea groups is 1. The van der Waals surface area contributed by atoms with Crippen LogP contribution in [0, 0.1) is 0 Å². The van der Waals surface area contributed by atoms with Crippen molar-refractivity contribution in [2.75, 3.05) is 11.9 Å². The van der Waals surface area contributed by atoms with Crippen molar-refractivity contribution >= 4 is 23.7 Å². The zero-order valence-corrected chi connectivity index (χ0v) is 11.5. The van der Waals surface area contributed by atoms with Crippen molar-refractivity contribution < 1.29 is 24.6 Å². The van der Waals surface area contributed by atoms with Gasteiger partial charge < -0.3 is 20.4 Å². The van der Waals surface area contributed by atoms with Crippen molar-refractivity contribution in [2.24, 2.45) is 0 Å². The highest BCUT2D eigenvalue weighted by atomic mass is 16.4. The Labute approximate surface area is 121 Å². The minimum atomic E-state index is -1.25. The molecule has 1 heterocycles. The first-order chi connectivity index (χ1) is 9.88. The lowest BCUT2D eigenvalue weighted by molar-refractivity contribution is 0.0696. The summed E-state index contributed by atoms with van der Waals surface area (Å²) < 4.78 is 0. The number of rotatable bonds is 3. The van der Waals surface area contributed by atoms with Gasteiger partial charge in [0.2, 0.25) is 0 Å². The Morgan fingerprint density at radius 2 is 1.71 bits per heavy atom. The van der Waals surface area contributed by atoms with Gasteiger partial charge in [0.25, 0.3) is 0 Å². The number of likely N-dealkylation sites (tertiary alicyclic amines) is 1. The van der Waals surface area contributed by atoms with E-state index in [2.05, 4.69) is 5.32 Å². The maximum Gasteiger partial charge on any atom is 0.335 e. The second kappa shape index (κ2) is 5.82. The van der Waals surface area contributed by atoms with Crippen molar-refractivity contribution in [1.82, 2.24) is 4.90 Å². The number of nitrogens with zero attached hydrogens (tertiary/aromatic N) is 1. The van der Waals surface area contributed by atoms with Gasteiger partial charge in [-0.1, -0.05) is 0 Å². The quantitative estimate of drug-likeness (QED) is 0.790. The van der Waals surface area contributed by atoms with E-state index in [4.69, 9.17) is 10.2 Å². The predicted octanol–water partition coefficient (Wildman–Crippen LogP) is 2.10. The molecular formula is C14H16N2O5. The number of benzene rings is 1. The topological polar surface area (TPSA) is 107 Å². The molecule has 0 aromatic heterocycles. The van der Waals surface area contributed by atoms with Crippen LogP contribution in [0.5, 0.6) is 0 Å². The summed E-state index contributed by atoms with van der Waals surface area (Å²) in [6.07, 6.45) is 1.84. The average molecular weight is 292 g/mol. The molecule has 0 spiro atoms. The molecule has 1 fully saturated rings.